The maximum Gasteiger partial charge on any atom is 0.419 e. The number of nitrogen functional groups attached to an aromatic ring is 1. The first-order chi connectivity index (χ1) is 16.5. The molecule has 2 aliphatic carbocycles. The highest BCUT2D eigenvalue weighted by molar-refractivity contribution is 5.63. The van der Waals surface area contributed by atoms with Crippen molar-refractivity contribution in [2.45, 2.75) is 57.3 Å². The lowest BCUT2D eigenvalue weighted by molar-refractivity contribution is -0.137. The van der Waals surface area contributed by atoms with Gasteiger partial charge >= 0.3 is 6.18 Å². The molecule has 3 aliphatic rings. The molecule has 11 heteroatoms. The Morgan fingerprint density at radius 3 is 2.29 bits per heavy atom. The quantitative estimate of drug-likeness (QED) is 0.595. The van der Waals surface area contributed by atoms with Crippen LogP contribution < -0.4 is 5.73 Å². The average molecular weight is 499 g/mol. The van der Waals surface area contributed by atoms with Gasteiger partial charge in [-0.3, -0.25) is 14.5 Å². The number of pyridine rings is 1. The molecule has 6 nitrogen and oxygen atoms in total. The van der Waals surface area contributed by atoms with Gasteiger partial charge in [0.1, 0.15) is 5.82 Å². The molecule has 2 aromatic heterocycles. The number of anilines is 1. The summed E-state index contributed by atoms with van der Waals surface area (Å²) in [6.07, 6.45) is -3.40. The molecule has 3 heterocycles. The summed E-state index contributed by atoms with van der Waals surface area (Å²) >= 11 is 0. The summed E-state index contributed by atoms with van der Waals surface area (Å²) in [5.41, 5.74) is 6.36. The van der Waals surface area contributed by atoms with Crippen molar-refractivity contribution in [1.29, 1.82) is 0 Å². The molecule has 0 bridgehead atoms. The van der Waals surface area contributed by atoms with Crippen LogP contribution in [0.4, 0.5) is 27.8 Å². The second-order valence-electron chi connectivity index (χ2n) is 10.4. The molecule has 1 unspecified atom stereocenters. The van der Waals surface area contributed by atoms with Gasteiger partial charge < -0.3 is 5.73 Å². The van der Waals surface area contributed by atoms with E-state index in [0.29, 0.717) is 48.1 Å². The highest BCUT2D eigenvalue weighted by Crippen LogP contribution is 2.64. The molecular formula is C24H31F5N6. The minimum Gasteiger partial charge on any atom is -0.383 e. The third kappa shape index (κ3) is 4.76. The number of rotatable bonds is 6. The van der Waals surface area contributed by atoms with E-state index in [9.17, 15) is 22.0 Å². The van der Waals surface area contributed by atoms with E-state index in [1.54, 1.807) is 0 Å². The number of alkyl halides is 5. The molecule has 0 radical (unpaired) electrons. The molecule has 192 valence electrons. The van der Waals surface area contributed by atoms with Crippen LogP contribution in [-0.2, 0) is 6.18 Å². The molecule has 1 aliphatic heterocycles. The van der Waals surface area contributed by atoms with Crippen molar-refractivity contribution in [1.82, 2.24) is 24.6 Å². The van der Waals surface area contributed by atoms with Crippen molar-refractivity contribution in [2.24, 2.45) is 11.8 Å². The van der Waals surface area contributed by atoms with Gasteiger partial charge in [0.25, 0.3) is 6.43 Å². The van der Waals surface area contributed by atoms with E-state index in [0.717, 1.165) is 37.7 Å². The molecule has 0 aromatic carbocycles. The number of piperazine rings is 1. The summed E-state index contributed by atoms with van der Waals surface area (Å²) in [5.74, 6) is 0.856. The first-order valence-corrected chi connectivity index (χ1v) is 12.2. The van der Waals surface area contributed by atoms with Crippen LogP contribution in [0, 0.1) is 11.8 Å². The normalized spacial score (nSPS) is 27.7. The van der Waals surface area contributed by atoms with E-state index in [4.69, 9.17) is 5.73 Å². The van der Waals surface area contributed by atoms with E-state index in [2.05, 4.69) is 15.0 Å². The van der Waals surface area contributed by atoms with E-state index < -0.39 is 24.0 Å². The van der Waals surface area contributed by atoms with Crippen LogP contribution >= 0.6 is 0 Å². The number of aromatic nitrogens is 3. The monoisotopic (exact) mass is 498 g/mol. The van der Waals surface area contributed by atoms with Crippen LogP contribution in [0.2, 0.25) is 0 Å². The summed E-state index contributed by atoms with van der Waals surface area (Å²) in [6.45, 7) is 6.88. The molecule has 2 N–H and O–H groups in total. The minimum absolute atomic E-state index is 0.0719. The van der Waals surface area contributed by atoms with Gasteiger partial charge in [0.15, 0.2) is 0 Å². The summed E-state index contributed by atoms with van der Waals surface area (Å²) in [6, 6.07) is 3.48. The Labute approximate surface area is 201 Å². The van der Waals surface area contributed by atoms with E-state index in [1.807, 2.05) is 29.5 Å². The van der Waals surface area contributed by atoms with Crippen LogP contribution in [0.25, 0.3) is 11.3 Å². The molecule has 2 aromatic rings. The first-order valence-electron chi connectivity index (χ1n) is 12.2. The Morgan fingerprint density at radius 2 is 1.71 bits per heavy atom. The molecule has 1 saturated heterocycles. The van der Waals surface area contributed by atoms with Crippen molar-refractivity contribution >= 4 is 5.82 Å². The van der Waals surface area contributed by atoms with Crippen LogP contribution in [0.1, 0.15) is 49.9 Å². The Balaban J connectivity index is 1.28. The predicted molar refractivity (Wildman–Crippen MR) is 122 cm³/mol. The van der Waals surface area contributed by atoms with Gasteiger partial charge in [-0.05, 0) is 50.7 Å². The summed E-state index contributed by atoms with van der Waals surface area (Å²) in [5, 5.41) is 4.65. The van der Waals surface area contributed by atoms with Gasteiger partial charge in [-0.25, -0.2) is 13.8 Å². The summed E-state index contributed by atoms with van der Waals surface area (Å²) < 4.78 is 67.2. The summed E-state index contributed by atoms with van der Waals surface area (Å²) in [4.78, 5) is 8.04. The Hall–Kier alpha value is -2.27. The van der Waals surface area contributed by atoms with Crippen molar-refractivity contribution in [3.8, 4) is 11.3 Å². The fourth-order valence-corrected chi connectivity index (χ4v) is 6.11. The fraction of sp³-hybridized carbons (Fsp3) is 0.667. The van der Waals surface area contributed by atoms with Crippen molar-refractivity contribution in [3.63, 3.8) is 0 Å². The van der Waals surface area contributed by atoms with Gasteiger partial charge in [-0.1, -0.05) is 0 Å². The lowest BCUT2D eigenvalue weighted by Crippen LogP contribution is -2.51. The van der Waals surface area contributed by atoms with E-state index >= 15 is 0 Å². The zero-order chi connectivity index (χ0) is 25.1. The molecule has 3 fully saturated rings. The summed E-state index contributed by atoms with van der Waals surface area (Å²) in [7, 11) is 0. The fourth-order valence-electron chi connectivity index (χ4n) is 6.11. The number of fused-ring (bicyclic) bond motifs is 1. The molecule has 2 saturated carbocycles. The van der Waals surface area contributed by atoms with Gasteiger partial charge in [0.2, 0.25) is 0 Å². The van der Waals surface area contributed by atoms with E-state index in [-0.39, 0.29) is 12.6 Å². The van der Waals surface area contributed by atoms with Crippen molar-refractivity contribution in [3.05, 3.63) is 29.6 Å². The second kappa shape index (κ2) is 8.99. The van der Waals surface area contributed by atoms with Crippen LogP contribution in [0.15, 0.2) is 18.3 Å². The van der Waals surface area contributed by atoms with Gasteiger partial charge in [0.05, 0.1) is 17.8 Å². The van der Waals surface area contributed by atoms with Gasteiger partial charge in [0, 0.05) is 61.6 Å². The number of hydrogen-bond donors (Lipinski definition) is 1. The standard InChI is InChI=1S/C24H31F5N6/c1-13(2)35-20(10-19(32-35)14-7-18(24(27,28)29)23(30)31-11-14)22-16-8-15(9-17(16)22)34-5-3-33(4-6-34)12-21(25)26/h7,10-11,13,15-17,21-22H,3-6,8-9,12H2,1-2H3,(H2,30,31)/t15-,16+,17-,22?. The number of nitrogens with zero attached hydrogens (tertiary/aromatic N) is 5. The van der Waals surface area contributed by atoms with Crippen molar-refractivity contribution in [2.75, 3.05) is 38.5 Å². The molecule has 4 atom stereocenters. The smallest absolute Gasteiger partial charge is 0.383 e. The molecule has 0 amide bonds. The van der Waals surface area contributed by atoms with Gasteiger partial charge in [-0.2, -0.15) is 18.3 Å². The topological polar surface area (TPSA) is 63.2 Å². The number of nitrogens with two attached hydrogens (primary N) is 1. The highest BCUT2D eigenvalue weighted by atomic mass is 19.4. The molecular weight excluding hydrogens is 467 g/mol. The maximum atomic E-state index is 13.3. The van der Waals surface area contributed by atoms with Crippen LogP contribution in [0.5, 0.6) is 0 Å². The maximum absolute atomic E-state index is 13.3. The molecule has 0 spiro atoms. The minimum atomic E-state index is -4.58. The zero-order valence-corrected chi connectivity index (χ0v) is 19.8. The Bertz CT molecular complexity index is 1050. The SMILES string of the molecule is CC(C)n1nc(-c2cnc(N)c(C(F)(F)F)c2)cc1C1[C@H]2C[C@@H](N3CCN(CC(F)F)CC3)C[C@@H]12. The van der Waals surface area contributed by atoms with Gasteiger partial charge in [-0.15, -0.1) is 0 Å². The zero-order valence-electron chi connectivity index (χ0n) is 19.8. The number of halogens is 5. The van der Waals surface area contributed by atoms with Crippen molar-refractivity contribution < 1.29 is 22.0 Å². The van der Waals surface area contributed by atoms with Crippen LogP contribution in [0.3, 0.4) is 0 Å². The van der Waals surface area contributed by atoms with E-state index in [1.165, 1.54) is 6.20 Å². The lowest BCUT2D eigenvalue weighted by atomic mass is 10.0. The second-order valence-corrected chi connectivity index (χ2v) is 10.4. The lowest BCUT2D eigenvalue weighted by Gasteiger charge is -2.38. The molecule has 5 rings (SSSR count). The number of hydrogen-bond acceptors (Lipinski definition) is 5. The molecule has 35 heavy (non-hydrogen) atoms. The third-order valence-corrected chi connectivity index (χ3v) is 7.85. The van der Waals surface area contributed by atoms with Crippen LogP contribution in [-0.4, -0.2) is 69.8 Å². The third-order valence-electron chi connectivity index (χ3n) is 7.85. The average Bonchev–Trinajstić information content (AvgIpc) is 3.13. The first kappa shape index (κ1) is 24.4. The predicted octanol–water partition coefficient (Wildman–Crippen LogP) is 4.50. The highest BCUT2D eigenvalue weighted by Gasteiger charge is 2.58. The largest absolute Gasteiger partial charge is 0.419 e. The Kier molecular flexibility index (Phi) is 6.27. The Morgan fingerprint density at radius 1 is 1.06 bits per heavy atom.